The van der Waals surface area contributed by atoms with Crippen molar-refractivity contribution in [3.8, 4) is 0 Å². The zero-order valence-corrected chi connectivity index (χ0v) is 16.4. The third kappa shape index (κ3) is 5.02. The van der Waals surface area contributed by atoms with Crippen LogP contribution in [0.5, 0.6) is 0 Å². The number of nitrogens with one attached hydrogen (secondary N) is 2. The lowest BCUT2D eigenvalue weighted by atomic mass is 10.1. The Morgan fingerprint density at radius 3 is 2.77 bits per heavy atom. The number of carbonyl (C=O) groups excluding carboxylic acids is 1. The third-order valence-electron chi connectivity index (χ3n) is 4.18. The van der Waals surface area contributed by atoms with Crippen LogP contribution in [-0.2, 0) is 11.2 Å². The van der Waals surface area contributed by atoms with E-state index in [1.54, 1.807) is 0 Å². The Kier molecular flexibility index (Phi) is 6.22. The SMILES string of the molecule is C[C@H](CCc1ccccc1)NC(=O)[C@@H](C)Sc1nc2ccc(Cl)cc2[nH]1. The summed E-state index contributed by atoms with van der Waals surface area (Å²) in [6.45, 7) is 3.94. The first-order valence-corrected chi connectivity index (χ1v) is 9.93. The molecule has 0 fully saturated rings. The topological polar surface area (TPSA) is 57.8 Å². The van der Waals surface area contributed by atoms with E-state index in [9.17, 15) is 4.79 Å². The van der Waals surface area contributed by atoms with E-state index in [1.807, 2.05) is 50.2 Å². The van der Waals surface area contributed by atoms with Crippen molar-refractivity contribution in [2.24, 2.45) is 0 Å². The Bertz CT molecular complexity index is 881. The summed E-state index contributed by atoms with van der Waals surface area (Å²) < 4.78 is 0. The standard InChI is InChI=1S/C20H22ClN3OS/c1-13(8-9-15-6-4-3-5-7-15)22-19(25)14(2)26-20-23-17-11-10-16(21)12-18(17)24-20/h3-7,10-14H,8-9H2,1-2H3,(H,22,25)(H,23,24)/t13-,14-/m1/s1. The van der Waals surface area contributed by atoms with E-state index < -0.39 is 0 Å². The lowest BCUT2D eigenvalue weighted by molar-refractivity contribution is -0.120. The fourth-order valence-corrected chi connectivity index (χ4v) is 3.70. The van der Waals surface area contributed by atoms with E-state index in [1.165, 1.54) is 17.3 Å². The van der Waals surface area contributed by atoms with Gasteiger partial charge in [-0.2, -0.15) is 0 Å². The molecule has 0 unspecified atom stereocenters. The molecule has 2 atom stereocenters. The van der Waals surface area contributed by atoms with Gasteiger partial charge >= 0.3 is 0 Å². The van der Waals surface area contributed by atoms with E-state index in [0.29, 0.717) is 5.02 Å². The third-order valence-corrected chi connectivity index (χ3v) is 5.40. The molecule has 26 heavy (non-hydrogen) atoms. The van der Waals surface area contributed by atoms with Gasteiger partial charge < -0.3 is 10.3 Å². The Hall–Kier alpha value is -1.98. The summed E-state index contributed by atoms with van der Waals surface area (Å²) in [5.74, 6) is 0.0223. The predicted octanol–water partition coefficient (Wildman–Crippen LogP) is 4.83. The highest BCUT2D eigenvalue weighted by molar-refractivity contribution is 8.00. The van der Waals surface area contributed by atoms with Crippen molar-refractivity contribution in [2.75, 3.05) is 0 Å². The molecular weight excluding hydrogens is 366 g/mol. The number of aryl methyl sites for hydroxylation is 1. The maximum absolute atomic E-state index is 12.4. The molecule has 136 valence electrons. The number of aromatic nitrogens is 2. The van der Waals surface area contributed by atoms with Crippen LogP contribution in [0.3, 0.4) is 0 Å². The molecule has 0 radical (unpaired) electrons. The predicted molar refractivity (Wildman–Crippen MR) is 109 cm³/mol. The molecule has 2 aromatic carbocycles. The molecule has 0 saturated carbocycles. The quantitative estimate of drug-likeness (QED) is 0.570. The second-order valence-electron chi connectivity index (χ2n) is 6.40. The summed E-state index contributed by atoms with van der Waals surface area (Å²) >= 11 is 7.41. The zero-order valence-electron chi connectivity index (χ0n) is 14.8. The van der Waals surface area contributed by atoms with E-state index in [0.717, 1.165) is 29.0 Å². The molecule has 0 aliphatic rings. The van der Waals surface area contributed by atoms with Crippen molar-refractivity contribution in [1.29, 1.82) is 0 Å². The number of benzene rings is 2. The van der Waals surface area contributed by atoms with Crippen LogP contribution in [0.1, 0.15) is 25.8 Å². The number of hydrogen-bond acceptors (Lipinski definition) is 3. The van der Waals surface area contributed by atoms with Crippen molar-refractivity contribution in [1.82, 2.24) is 15.3 Å². The minimum Gasteiger partial charge on any atom is -0.353 e. The highest BCUT2D eigenvalue weighted by atomic mass is 35.5. The van der Waals surface area contributed by atoms with Gasteiger partial charge in [0.25, 0.3) is 0 Å². The van der Waals surface area contributed by atoms with Crippen molar-refractivity contribution in [3.05, 3.63) is 59.1 Å². The van der Waals surface area contributed by atoms with Gasteiger partial charge in [-0.05, 0) is 50.5 Å². The molecular formula is C20H22ClN3OS. The van der Waals surface area contributed by atoms with Gasteiger partial charge in [0, 0.05) is 11.1 Å². The summed E-state index contributed by atoms with van der Waals surface area (Å²) in [4.78, 5) is 20.2. The van der Waals surface area contributed by atoms with Gasteiger partial charge in [-0.25, -0.2) is 4.98 Å². The molecule has 2 N–H and O–H groups in total. The number of rotatable bonds is 7. The fourth-order valence-electron chi connectivity index (χ4n) is 2.70. The summed E-state index contributed by atoms with van der Waals surface area (Å²) in [5, 5.41) is 4.25. The van der Waals surface area contributed by atoms with Crippen molar-refractivity contribution < 1.29 is 4.79 Å². The number of hydrogen-bond donors (Lipinski definition) is 2. The number of nitrogens with zero attached hydrogens (tertiary/aromatic N) is 1. The number of halogens is 1. The highest BCUT2D eigenvalue weighted by Crippen LogP contribution is 2.25. The molecule has 3 rings (SSSR count). The summed E-state index contributed by atoms with van der Waals surface area (Å²) in [7, 11) is 0. The number of thioether (sulfide) groups is 1. The Labute approximate surface area is 162 Å². The highest BCUT2D eigenvalue weighted by Gasteiger charge is 2.18. The minimum atomic E-state index is -0.231. The number of carbonyl (C=O) groups is 1. The molecule has 1 amide bonds. The average molecular weight is 388 g/mol. The van der Waals surface area contributed by atoms with Gasteiger partial charge in [-0.15, -0.1) is 0 Å². The van der Waals surface area contributed by atoms with Crippen LogP contribution in [0.4, 0.5) is 0 Å². The lowest BCUT2D eigenvalue weighted by Gasteiger charge is -2.16. The maximum Gasteiger partial charge on any atom is 0.233 e. The summed E-state index contributed by atoms with van der Waals surface area (Å²) in [6.07, 6.45) is 1.87. The van der Waals surface area contributed by atoms with Gasteiger partial charge in [-0.1, -0.05) is 53.7 Å². The first-order valence-electron chi connectivity index (χ1n) is 8.67. The first kappa shape index (κ1) is 18.8. The minimum absolute atomic E-state index is 0.0223. The Morgan fingerprint density at radius 2 is 2.00 bits per heavy atom. The van der Waals surface area contributed by atoms with E-state index in [4.69, 9.17) is 11.6 Å². The second kappa shape index (κ2) is 8.60. The molecule has 4 nitrogen and oxygen atoms in total. The van der Waals surface area contributed by atoms with Gasteiger partial charge in [0.15, 0.2) is 5.16 Å². The lowest BCUT2D eigenvalue weighted by Crippen LogP contribution is -2.37. The number of fused-ring (bicyclic) bond motifs is 1. The summed E-state index contributed by atoms with van der Waals surface area (Å²) in [6, 6.07) is 16.0. The Morgan fingerprint density at radius 1 is 1.23 bits per heavy atom. The zero-order chi connectivity index (χ0) is 18.5. The average Bonchev–Trinajstić information content (AvgIpc) is 3.02. The monoisotopic (exact) mass is 387 g/mol. The molecule has 0 saturated heterocycles. The molecule has 0 aliphatic carbocycles. The smallest absolute Gasteiger partial charge is 0.233 e. The number of imidazole rings is 1. The normalized spacial score (nSPS) is 13.5. The van der Waals surface area contributed by atoms with E-state index in [2.05, 4.69) is 27.4 Å². The number of aromatic amines is 1. The fraction of sp³-hybridized carbons (Fsp3) is 0.300. The maximum atomic E-state index is 12.4. The van der Waals surface area contributed by atoms with Crippen LogP contribution >= 0.6 is 23.4 Å². The largest absolute Gasteiger partial charge is 0.353 e. The number of H-pyrrole nitrogens is 1. The Balaban J connectivity index is 1.51. The van der Waals surface area contributed by atoms with Crippen LogP contribution in [0.2, 0.25) is 5.02 Å². The van der Waals surface area contributed by atoms with Crippen LogP contribution in [0, 0.1) is 0 Å². The molecule has 3 aromatic rings. The molecule has 1 aromatic heterocycles. The number of amides is 1. The van der Waals surface area contributed by atoms with Gasteiger partial charge in [0.2, 0.25) is 5.91 Å². The van der Waals surface area contributed by atoms with E-state index >= 15 is 0 Å². The van der Waals surface area contributed by atoms with Crippen LogP contribution in [-0.4, -0.2) is 27.2 Å². The molecule has 1 heterocycles. The molecule has 0 aliphatic heterocycles. The second-order valence-corrected chi connectivity index (χ2v) is 8.16. The molecule has 6 heteroatoms. The van der Waals surface area contributed by atoms with Crippen molar-refractivity contribution in [2.45, 2.75) is 43.1 Å². The van der Waals surface area contributed by atoms with Crippen molar-refractivity contribution in [3.63, 3.8) is 0 Å². The molecule has 0 spiro atoms. The van der Waals surface area contributed by atoms with Crippen LogP contribution in [0.25, 0.3) is 11.0 Å². The van der Waals surface area contributed by atoms with Crippen LogP contribution in [0.15, 0.2) is 53.7 Å². The summed E-state index contributed by atoms with van der Waals surface area (Å²) in [5.41, 5.74) is 3.02. The van der Waals surface area contributed by atoms with Gasteiger partial charge in [-0.3, -0.25) is 4.79 Å². The van der Waals surface area contributed by atoms with Crippen molar-refractivity contribution >= 4 is 40.3 Å². The van der Waals surface area contributed by atoms with E-state index in [-0.39, 0.29) is 17.2 Å². The van der Waals surface area contributed by atoms with Gasteiger partial charge in [0.1, 0.15) is 0 Å². The van der Waals surface area contributed by atoms with Gasteiger partial charge in [0.05, 0.1) is 16.3 Å². The first-order chi connectivity index (χ1) is 12.5. The van der Waals surface area contributed by atoms with Crippen LogP contribution < -0.4 is 5.32 Å². The molecule has 0 bridgehead atoms.